The molecule has 1 N–H and O–H groups in total. The van der Waals surface area contributed by atoms with E-state index in [0.717, 1.165) is 36.3 Å². The van der Waals surface area contributed by atoms with Crippen LogP contribution in [0.5, 0.6) is 11.5 Å². The van der Waals surface area contributed by atoms with Crippen LogP contribution in [0.3, 0.4) is 0 Å². The largest absolute Gasteiger partial charge is 0.497 e. The molecule has 0 bridgehead atoms. The lowest BCUT2D eigenvalue weighted by molar-refractivity contribution is 0.0934. The Morgan fingerprint density at radius 2 is 1.85 bits per heavy atom. The van der Waals surface area contributed by atoms with Gasteiger partial charge in [0.05, 0.1) is 20.3 Å². The van der Waals surface area contributed by atoms with Crippen molar-refractivity contribution < 1.29 is 14.3 Å². The van der Waals surface area contributed by atoms with E-state index in [1.807, 2.05) is 31.2 Å². The molecular formula is C21H26N2O4. The molecule has 6 nitrogen and oxygen atoms in total. The van der Waals surface area contributed by atoms with Gasteiger partial charge in [-0.15, -0.1) is 0 Å². The summed E-state index contributed by atoms with van der Waals surface area (Å²) in [6.45, 7) is 2.58. The number of carbonyl (C=O) groups excluding carboxylic acids is 1. The van der Waals surface area contributed by atoms with Crippen LogP contribution >= 0.6 is 0 Å². The standard InChI is InChI=1S/C21H26N2O4/c1-14(15-8-10-16(26-2)11-9-15)22-21(25)20-17-7-5-4-6-12-23(17)19(24)13-18(20)27-3/h8-11,13-14H,4-7,12H2,1-3H3,(H,22,25)/t14-/m1/s1. The number of pyridine rings is 1. The second-order valence-electron chi connectivity index (χ2n) is 6.80. The van der Waals surface area contributed by atoms with E-state index in [9.17, 15) is 9.59 Å². The molecule has 0 aliphatic carbocycles. The zero-order valence-electron chi connectivity index (χ0n) is 16.1. The van der Waals surface area contributed by atoms with Crippen molar-refractivity contribution in [3.8, 4) is 11.5 Å². The van der Waals surface area contributed by atoms with Gasteiger partial charge in [-0.2, -0.15) is 0 Å². The Labute approximate surface area is 159 Å². The molecule has 0 fully saturated rings. The maximum Gasteiger partial charge on any atom is 0.257 e. The van der Waals surface area contributed by atoms with Gasteiger partial charge >= 0.3 is 0 Å². The second kappa shape index (κ2) is 8.29. The number of hydrogen-bond acceptors (Lipinski definition) is 4. The van der Waals surface area contributed by atoms with Gasteiger partial charge in [-0.3, -0.25) is 9.59 Å². The average molecular weight is 370 g/mol. The molecule has 6 heteroatoms. The van der Waals surface area contributed by atoms with Gasteiger partial charge < -0.3 is 19.4 Å². The molecule has 1 atom stereocenters. The van der Waals surface area contributed by atoms with Gasteiger partial charge in [0.25, 0.3) is 11.5 Å². The number of nitrogens with zero attached hydrogens (tertiary/aromatic N) is 1. The predicted octanol–water partition coefficient (Wildman–Crippen LogP) is 3.08. The molecular weight excluding hydrogens is 344 g/mol. The SMILES string of the molecule is COc1ccc([C@@H](C)NC(=O)c2c(OC)cc(=O)n3c2CCCCC3)cc1. The molecule has 1 aromatic carbocycles. The number of hydrogen-bond donors (Lipinski definition) is 1. The van der Waals surface area contributed by atoms with E-state index in [2.05, 4.69) is 5.32 Å². The van der Waals surface area contributed by atoms with Crippen molar-refractivity contribution in [3.05, 3.63) is 57.5 Å². The van der Waals surface area contributed by atoms with E-state index < -0.39 is 0 Å². The van der Waals surface area contributed by atoms with Gasteiger partial charge in [-0.05, 0) is 43.9 Å². The molecule has 2 heterocycles. The van der Waals surface area contributed by atoms with Crippen molar-refractivity contribution in [2.45, 2.75) is 45.2 Å². The third-order valence-corrected chi connectivity index (χ3v) is 5.09. The number of rotatable bonds is 5. The zero-order valence-corrected chi connectivity index (χ0v) is 16.1. The van der Waals surface area contributed by atoms with Crippen LogP contribution in [-0.4, -0.2) is 24.7 Å². The number of nitrogens with one attached hydrogen (secondary N) is 1. The summed E-state index contributed by atoms with van der Waals surface area (Å²) in [6.07, 6.45) is 3.66. The van der Waals surface area contributed by atoms with Gasteiger partial charge in [0.15, 0.2) is 0 Å². The lowest BCUT2D eigenvalue weighted by Gasteiger charge is -2.20. The fourth-order valence-corrected chi connectivity index (χ4v) is 3.57. The molecule has 1 aliphatic heterocycles. The first-order valence-corrected chi connectivity index (χ1v) is 9.30. The molecule has 1 aliphatic rings. The summed E-state index contributed by atoms with van der Waals surface area (Å²) in [5, 5.41) is 3.04. The van der Waals surface area contributed by atoms with Crippen LogP contribution < -0.4 is 20.3 Å². The minimum atomic E-state index is -0.221. The minimum Gasteiger partial charge on any atom is -0.497 e. The molecule has 3 rings (SSSR count). The Balaban J connectivity index is 1.92. The van der Waals surface area contributed by atoms with Crippen molar-refractivity contribution in [2.75, 3.05) is 14.2 Å². The molecule has 1 aromatic heterocycles. The highest BCUT2D eigenvalue weighted by Gasteiger charge is 2.24. The maximum atomic E-state index is 13.1. The lowest BCUT2D eigenvalue weighted by atomic mass is 10.0. The number of ether oxygens (including phenoxy) is 2. The Morgan fingerprint density at radius 3 is 2.52 bits per heavy atom. The van der Waals surface area contributed by atoms with Crippen molar-refractivity contribution >= 4 is 5.91 Å². The highest BCUT2D eigenvalue weighted by molar-refractivity contribution is 5.98. The number of fused-ring (bicyclic) bond motifs is 1. The summed E-state index contributed by atoms with van der Waals surface area (Å²) >= 11 is 0. The lowest BCUT2D eigenvalue weighted by Crippen LogP contribution is -2.32. The summed E-state index contributed by atoms with van der Waals surface area (Å²) in [5.74, 6) is 0.889. The van der Waals surface area contributed by atoms with E-state index in [0.29, 0.717) is 24.3 Å². The van der Waals surface area contributed by atoms with Crippen LogP contribution in [0, 0.1) is 0 Å². The Morgan fingerprint density at radius 1 is 1.11 bits per heavy atom. The molecule has 0 saturated carbocycles. The van der Waals surface area contributed by atoms with Crippen molar-refractivity contribution in [1.82, 2.24) is 9.88 Å². The van der Waals surface area contributed by atoms with E-state index in [4.69, 9.17) is 9.47 Å². The van der Waals surface area contributed by atoms with Gasteiger partial charge in [-0.25, -0.2) is 0 Å². The predicted molar refractivity (Wildman–Crippen MR) is 104 cm³/mol. The van der Waals surface area contributed by atoms with E-state index in [-0.39, 0.29) is 17.5 Å². The number of benzene rings is 1. The zero-order chi connectivity index (χ0) is 19.4. The molecule has 27 heavy (non-hydrogen) atoms. The molecule has 0 radical (unpaired) electrons. The molecule has 0 spiro atoms. The normalized spacial score (nSPS) is 14.6. The fraction of sp³-hybridized carbons (Fsp3) is 0.429. The van der Waals surface area contributed by atoms with Gasteiger partial charge in [0, 0.05) is 18.3 Å². The summed E-state index contributed by atoms with van der Waals surface area (Å²) in [7, 11) is 3.11. The number of aromatic nitrogens is 1. The van der Waals surface area contributed by atoms with Crippen molar-refractivity contribution in [1.29, 1.82) is 0 Å². The Bertz CT molecular complexity index is 871. The molecule has 144 valence electrons. The molecule has 0 saturated heterocycles. The average Bonchev–Trinajstić information content (AvgIpc) is 2.94. The van der Waals surface area contributed by atoms with E-state index >= 15 is 0 Å². The van der Waals surface area contributed by atoms with Crippen LogP contribution in [-0.2, 0) is 13.0 Å². The first-order chi connectivity index (χ1) is 13.0. The van der Waals surface area contributed by atoms with E-state index in [1.54, 1.807) is 11.7 Å². The van der Waals surface area contributed by atoms with Crippen molar-refractivity contribution in [3.63, 3.8) is 0 Å². The smallest absolute Gasteiger partial charge is 0.257 e. The minimum absolute atomic E-state index is 0.108. The third-order valence-electron chi connectivity index (χ3n) is 5.09. The third kappa shape index (κ3) is 3.99. The monoisotopic (exact) mass is 370 g/mol. The quantitative estimate of drug-likeness (QED) is 0.878. The summed E-state index contributed by atoms with van der Waals surface area (Å²) in [5.41, 5.74) is 2.11. The Kier molecular flexibility index (Phi) is 5.84. The van der Waals surface area contributed by atoms with Crippen molar-refractivity contribution in [2.24, 2.45) is 0 Å². The van der Waals surface area contributed by atoms with E-state index in [1.165, 1.54) is 13.2 Å². The summed E-state index contributed by atoms with van der Waals surface area (Å²) in [6, 6.07) is 8.82. The maximum absolute atomic E-state index is 13.1. The topological polar surface area (TPSA) is 69.6 Å². The number of methoxy groups -OCH3 is 2. The van der Waals surface area contributed by atoms with Gasteiger partial charge in [0.2, 0.25) is 0 Å². The summed E-state index contributed by atoms with van der Waals surface area (Å²) in [4.78, 5) is 25.5. The number of carbonyl (C=O) groups is 1. The first kappa shape index (κ1) is 19.0. The van der Waals surface area contributed by atoms with Crippen LogP contribution in [0.2, 0.25) is 0 Å². The van der Waals surface area contributed by atoms with Crippen LogP contribution in [0.15, 0.2) is 35.1 Å². The highest BCUT2D eigenvalue weighted by atomic mass is 16.5. The van der Waals surface area contributed by atoms with Gasteiger partial charge in [-0.1, -0.05) is 18.6 Å². The second-order valence-corrected chi connectivity index (χ2v) is 6.80. The van der Waals surface area contributed by atoms with Crippen LogP contribution in [0.1, 0.15) is 53.8 Å². The molecule has 0 unspecified atom stereocenters. The van der Waals surface area contributed by atoms with Gasteiger partial charge in [0.1, 0.15) is 17.1 Å². The summed E-state index contributed by atoms with van der Waals surface area (Å²) < 4.78 is 12.3. The molecule has 2 aromatic rings. The first-order valence-electron chi connectivity index (χ1n) is 9.30. The van der Waals surface area contributed by atoms with Crippen LogP contribution in [0.25, 0.3) is 0 Å². The number of amides is 1. The Hall–Kier alpha value is -2.76. The molecule has 1 amide bonds. The highest BCUT2D eigenvalue weighted by Crippen LogP contribution is 2.26. The fourth-order valence-electron chi connectivity index (χ4n) is 3.57. The van der Waals surface area contributed by atoms with Crippen LogP contribution in [0.4, 0.5) is 0 Å².